The average Bonchev–Trinajstić information content (AvgIpc) is 2.43. The van der Waals surface area contributed by atoms with E-state index in [1.54, 1.807) is 0 Å². The summed E-state index contributed by atoms with van der Waals surface area (Å²) in [4.78, 5) is 13.8. The molecule has 0 radical (unpaired) electrons. The van der Waals surface area contributed by atoms with Crippen LogP contribution in [-0.4, -0.2) is 48.7 Å². The molecule has 2 fully saturated rings. The normalized spacial score (nSPS) is 33.1. The van der Waals surface area contributed by atoms with Gasteiger partial charge in [-0.25, -0.2) is 0 Å². The molecule has 4 heteroatoms. The molecule has 2 atom stereocenters. The molecule has 2 heterocycles. The summed E-state index contributed by atoms with van der Waals surface area (Å²) in [6.45, 7) is 5.52. The Kier molecular flexibility index (Phi) is 2.74. The summed E-state index contributed by atoms with van der Waals surface area (Å²) in [6.07, 6.45) is 0. The number of aliphatic hydroxyl groups is 1. The number of carbonyl (C=O) groups is 1. The van der Waals surface area contributed by atoms with Gasteiger partial charge in [-0.15, -0.1) is 0 Å². The lowest BCUT2D eigenvalue weighted by Gasteiger charge is -2.30. The molecule has 2 rings (SSSR count). The Hall–Kier alpha value is -0.610. The third-order valence-electron chi connectivity index (χ3n) is 3.44. The quantitative estimate of drug-likeness (QED) is 0.616. The first-order valence-corrected chi connectivity index (χ1v) is 5.32. The largest absolute Gasteiger partial charge is 0.396 e. The van der Waals surface area contributed by atoms with Crippen molar-refractivity contribution in [1.82, 2.24) is 10.2 Å². The molecule has 0 aromatic heterocycles. The van der Waals surface area contributed by atoms with Crippen molar-refractivity contribution < 1.29 is 9.90 Å². The van der Waals surface area contributed by atoms with Gasteiger partial charge in [0.2, 0.25) is 5.91 Å². The maximum Gasteiger partial charge on any atom is 0.228 e. The van der Waals surface area contributed by atoms with Crippen molar-refractivity contribution in [2.45, 2.75) is 6.92 Å². The van der Waals surface area contributed by atoms with Crippen LogP contribution in [0.3, 0.4) is 0 Å². The first-order valence-electron chi connectivity index (χ1n) is 5.32. The Morgan fingerprint density at radius 3 is 2.64 bits per heavy atom. The van der Waals surface area contributed by atoms with Crippen molar-refractivity contribution in [3.05, 3.63) is 0 Å². The topological polar surface area (TPSA) is 52.6 Å². The second-order valence-corrected chi connectivity index (χ2v) is 4.52. The van der Waals surface area contributed by atoms with Crippen molar-refractivity contribution in [1.29, 1.82) is 0 Å². The lowest BCUT2D eigenvalue weighted by atomic mass is 10.00. The minimum Gasteiger partial charge on any atom is -0.396 e. The Morgan fingerprint density at radius 2 is 2.21 bits per heavy atom. The Labute approximate surface area is 84.3 Å². The molecule has 0 spiro atoms. The van der Waals surface area contributed by atoms with Crippen LogP contribution in [-0.2, 0) is 4.79 Å². The van der Waals surface area contributed by atoms with E-state index in [2.05, 4.69) is 12.2 Å². The van der Waals surface area contributed by atoms with Crippen LogP contribution >= 0.6 is 0 Å². The minimum absolute atomic E-state index is 0.194. The van der Waals surface area contributed by atoms with E-state index in [9.17, 15) is 4.79 Å². The minimum atomic E-state index is 0.194. The molecule has 0 aromatic rings. The van der Waals surface area contributed by atoms with Crippen LogP contribution in [0.2, 0.25) is 0 Å². The zero-order valence-electron chi connectivity index (χ0n) is 8.57. The van der Waals surface area contributed by atoms with Crippen LogP contribution in [0.25, 0.3) is 0 Å². The number of aliphatic hydroxyl groups excluding tert-OH is 1. The van der Waals surface area contributed by atoms with Gasteiger partial charge in [-0.1, -0.05) is 6.92 Å². The standard InChI is InChI=1S/C10H18N2O2/c1-7-4-12(5-9(7)6-13)10(14)8-2-11-3-8/h7-9,11,13H,2-6H2,1H3. The number of nitrogens with one attached hydrogen (secondary N) is 1. The molecule has 4 nitrogen and oxygen atoms in total. The maximum absolute atomic E-state index is 11.8. The molecule has 0 saturated carbocycles. The van der Waals surface area contributed by atoms with Crippen LogP contribution < -0.4 is 5.32 Å². The highest BCUT2D eigenvalue weighted by Gasteiger charge is 2.36. The summed E-state index contributed by atoms with van der Waals surface area (Å²) in [5.41, 5.74) is 0. The van der Waals surface area contributed by atoms with Crippen molar-refractivity contribution >= 4 is 5.91 Å². The molecule has 0 aliphatic carbocycles. The summed E-state index contributed by atoms with van der Waals surface area (Å²) >= 11 is 0. The lowest BCUT2D eigenvalue weighted by Crippen LogP contribution is -2.51. The van der Waals surface area contributed by atoms with Crippen molar-refractivity contribution in [2.24, 2.45) is 17.8 Å². The van der Waals surface area contributed by atoms with Gasteiger partial charge >= 0.3 is 0 Å². The predicted octanol–water partition coefficient (Wildman–Crippen LogP) is -0.707. The fraction of sp³-hybridized carbons (Fsp3) is 0.900. The van der Waals surface area contributed by atoms with Crippen molar-refractivity contribution in [3.63, 3.8) is 0 Å². The summed E-state index contributed by atoms with van der Waals surface area (Å²) < 4.78 is 0. The van der Waals surface area contributed by atoms with Gasteiger partial charge in [0.25, 0.3) is 0 Å². The molecule has 80 valence electrons. The van der Waals surface area contributed by atoms with E-state index in [0.717, 1.165) is 26.2 Å². The molecule has 0 bridgehead atoms. The van der Waals surface area contributed by atoms with Gasteiger partial charge in [0, 0.05) is 38.7 Å². The van der Waals surface area contributed by atoms with Gasteiger partial charge in [0.05, 0.1) is 5.92 Å². The molecule has 1 amide bonds. The number of nitrogens with zero attached hydrogens (tertiary/aromatic N) is 1. The van der Waals surface area contributed by atoms with E-state index in [4.69, 9.17) is 5.11 Å². The highest BCUT2D eigenvalue weighted by Crippen LogP contribution is 2.24. The second kappa shape index (κ2) is 3.87. The number of hydrogen-bond donors (Lipinski definition) is 2. The van der Waals surface area contributed by atoms with Gasteiger partial charge in [0.1, 0.15) is 0 Å². The molecule has 0 aromatic carbocycles. The molecule has 2 saturated heterocycles. The van der Waals surface area contributed by atoms with E-state index in [-0.39, 0.29) is 24.3 Å². The van der Waals surface area contributed by atoms with Crippen molar-refractivity contribution in [2.75, 3.05) is 32.8 Å². The second-order valence-electron chi connectivity index (χ2n) is 4.52. The zero-order valence-corrected chi connectivity index (χ0v) is 8.57. The van der Waals surface area contributed by atoms with E-state index >= 15 is 0 Å². The molecule has 2 aliphatic rings. The molecule has 14 heavy (non-hydrogen) atoms. The van der Waals surface area contributed by atoms with Crippen LogP contribution in [0.4, 0.5) is 0 Å². The summed E-state index contributed by atoms with van der Waals surface area (Å²) in [7, 11) is 0. The summed E-state index contributed by atoms with van der Waals surface area (Å²) in [5.74, 6) is 1.19. The third-order valence-corrected chi connectivity index (χ3v) is 3.44. The van der Waals surface area contributed by atoms with E-state index in [0.29, 0.717) is 5.92 Å². The van der Waals surface area contributed by atoms with Gasteiger partial charge in [-0.2, -0.15) is 0 Å². The highest BCUT2D eigenvalue weighted by atomic mass is 16.3. The van der Waals surface area contributed by atoms with Gasteiger partial charge in [-0.3, -0.25) is 4.79 Å². The van der Waals surface area contributed by atoms with Gasteiger partial charge in [0.15, 0.2) is 0 Å². The zero-order chi connectivity index (χ0) is 10.1. The molecular formula is C10H18N2O2. The lowest BCUT2D eigenvalue weighted by molar-refractivity contribution is -0.136. The average molecular weight is 198 g/mol. The molecule has 2 unspecified atom stereocenters. The molecule has 2 aliphatic heterocycles. The maximum atomic E-state index is 11.8. The van der Waals surface area contributed by atoms with E-state index in [1.807, 2.05) is 4.90 Å². The van der Waals surface area contributed by atoms with Crippen molar-refractivity contribution in [3.8, 4) is 0 Å². The Balaban J connectivity index is 1.90. The Morgan fingerprint density at radius 1 is 1.50 bits per heavy atom. The number of likely N-dealkylation sites (tertiary alicyclic amines) is 1. The van der Waals surface area contributed by atoms with Crippen LogP contribution in [0.15, 0.2) is 0 Å². The van der Waals surface area contributed by atoms with Crippen LogP contribution in [0.1, 0.15) is 6.92 Å². The first-order chi connectivity index (χ1) is 6.72. The summed E-state index contributed by atoms with van der Waals surface area (Å²) in [5, 5.41) is 12.2. The SMILES string of the molecule is CC1CN(C(=O)C2CNC2)CC1CO. The Bertz CT molecular complexity index is 228. The number of amides is 1. The number of hydrogen-bond acceptors (Lipinski definition) is 3. The summed E-state index contributed by atoms with van der Waals surface area (Å²) in [6, 6.07) is 0. The highest BCUT2D eigenvalue weighted by molar-refractivity contribution is 5.80. The molecule has 2 N–H and O–H groups in total. The fourth-order valence-corrected chi connectivity index (χ4v) is 2.17. The third kappa shape index (κ3) is 1.64. The van der Waals surface area contributed by atoms with E-state index in [1.165, 1.54) is 0 Å². The van der Waals surface area contributed by atoms with Crippen LogP contribution in [0.5, 0.6) is 0 Å². The first kappa shape index (κ1) is 9.93. The fourth-order valence-electron chi connectivity index (χ4n) is 2.17. The predicted molar refractivity (Wildman–Crippen MR) is 52.7 cm³/mol. The number of carbonyl (C=O) groups excluding carboxylic acids is 1. The molecular weight excluding hydrogens is 180 g/mol. The van der Waals surface area contributed by atoms with Crippen LogP contribution in [0, 0.1) is 17.8 Å². The van der Waals surface area contributed by atoms with E-state index < -0.39 is 0 Å². The number of rotatable bonds is 2. The monoisotopic (exact) mass is 198 g/mol. The van der Waals surface area contributed by atoms with Gasteiger partial charge < -0.3 is 15.3 Å². The van der Waals surface area contributed by atoms with Gasteiger partial charge in [-0.05, 0) is 5.92 Å². The smallest absolute Gasteiger partial charge is 0.228 e.